The lowest BCUT2D eigenvalue weighted by molar-refractivity contribution is -0.384. The Morgan fingerprint density at radius 1 is 1.00 bits per heavy atom. The van der Waals surface area contributed by atoms with Crippen LogP contribution in [0.1, 0.15) is 42.3 Å². The number of nitro groups is 1. The van der Waals surface area contributed by atoms with E-state index < -0.39 is 39.5 Å². The van der Waals surface area contributed by atoms with Gasteiger partial charge in [0.1, 0.15) is 11.5 Å². The second kappa shape index (κ2) is 8.46. The number of rotatable bonds is 4. The Balaban J connectivity index is 1.68. The summed E-state index contributed by atoms with van der Waals surface area (Å²) in [5.74, 6) is -2.17. The number of nitrogens with zero attached hydrogens (tertiary/aromatic N) is 2. The van der Waals surface area contributed by atoms with E-state index in [0.29, 0.717) is 11.3 Å². The lowest BCUT2D eigenvalue weighted by Crippen LogP contribution is -2.51. The topological polar surface area (TPSA) is 110 Å². The van der Waals surface area contributed by atoms with Crippen molar-refractivity contribution in [2.75, 3.05) is 10.2 Å². The molecule has 3 aromatic rings. The quantitative estimate of drug-likeness (QED) is 0.288. The third kappa shape index (κ3) is 3.40. The molecule has 0 aromatic heterocycles. The van der Waals surface area contributed by atoms with Gasteiger partial charge in [0.15, 0.2) is 11.6 Å². The van der Waals surface area contributed by atoms with Crippen molar-refractivity contribution in [2.24, 2.45) is 11.3 Å². The SMILES string of the molecule is CC(C)(C)C(=O)[C@@H]1[C@H](C(=O)c2cccc([N+](=O)[O-])c2)[C@@]2(C(=O)Nc3ccccc32)[C@H]2C=Cc3ccccc3N12. The lowest BCUT2D eigenvalue weighted by Gasteiger charge is -2.38. The number of nitrogens with one attached hydrogen (secondary N) is 1. The molecule has 6 rings (SSSR count). The van der Waals surface area contributed by atoms with Crippen LogP contribution in [0.2, 0.25) is 0 Å². The minimum atomic E-state index is -1.44. The van der Waals surface area contributed by atoms with Crippen molar-refractivity contribution in [1.29, 1.82) is 0 Å². The highest BCUT2D eigenvalue weighted by atomic mass is 16.6. The number of amides is 1. The molecular weight excluding hydrogens is 494 g/mol. The predicted molar refractivity (Wildman–Crippen MR) is 148 cm³/mol. The molecule has 3 aromatic carbocycles. The highest BCUT2D eigenvalue weighted by Crippen LogP contribution is 2.58. The summed E-state index contributed by atoms with van der Waals surface area (Å²) in [6, 6.07) is 18.8. The van der Waals surface area contributed by atoms with E-state index >= 15 is 0 Å². The highest BCUT2D eigenvalue weighted by molar-refractivity contribution is 6.17. The molecule has 1 spiro atoms. The number of anilines is 2. The molecule has 4 atom stereocenters. The fourth-order valence-corrected chi connectivity index (χ4v) is 6.52. The monoisotopic (exact) mass is 521 g/mol. The first-order chi connectivity index (χ1) is 18.6. The van der Waals surface area contributed by atoms with Crippen LogP contribution in [0.25, 0.3) is 6.08 Å². The molecule has 0 saturated carbocycles. The zero-order valence-corrected chi connectivity index (χ0v) is 21.8. The Morgan fingerprint density at radius 2 is 1.72 bits per heavy atom. The average molecular weight is 522 g/mol. The fraction of sp³-hybridized carbons (Fsp3) is 0.258. The van der Waals surface area contributed by atoms with E-state index in [0.717, 1.165) is 11.3 Å². The molecule has 0 aliphatic carbocycles. The molecule has 3 aliphatic heterocycles. The van der Waals surface area contributed by atoms with E-state index in [1.165, 1.54) is 24.3 Å². The first kappa shape index (κ1) is 24.7. The minimum absolute atomic E-state index is 0.0922. The van der Waals surface area contributed by atoms with E-state index in [1.54, 1.807) is 26.8 Å². The van der Waals surface area contributed by atoms with E-state index in [2.05, 4.69) is 5.32 Å². The molecule has 8 nitrogen and oxygen atoms in total. The van der Waals surface area contributed by atoms with Gasteiger partial charge in [-0.05, 0) is 23.3 Å². The van der Waals surface area contributed by atoms with Gasteiger partial charge in [0.25, 0.3) is 5.69 Å². The zero-order chi connectivity index (χ0) is 27.7. The predicted octanol–water partition coefficient (Wildman–Crippen LogP) is 5.18. The fourth-order valence-electron chi connectivity index (χ4n) is 6.52. The maximum Gasteiger partial charge on any atom is 0.270 e. The van der Waals surface area contributed by atoms with Gasteiger partial charge in [0.2, 0.25) is 5.91 Å². The van der Waals surface area contributed by atoms with Crippen molar-refractivity contribution < 1.29 is 19.3 Å². The molecule has 1 N–H and O–H groups in total. The van der Waals surface area contributed by atoms with Crippen LogP contribution in [0.3, 0.4) is 0 Å². The standard InChI is InChI=1S/C31H27N3O5/c1-30(2,3)28(36)26-25(27(35)19-10-8-11-20(17-19)34(38)39)31(21-12-5-6-13-22(21)32-29(31)37)24-16-15-18-9-4-7-14-23(18)33(24)26/h4-17,24-26H,1-3H3,(H,32,37)/t24-,25-,26+,31+/m1/s1. The first-order valence-electron chi connectivity index (χ1n) is 12.9. The first-order valence-corrected chi connectivity index (χ1v) is 12.9. The second-order valence-electron chi connectivity index (χ2n) is 11.3. The Bertz CT molecular complexity index is 1600. The lowest BCUT2D eigenvalue weighted by atomic mass is 9.63. The van der Waals surface area contributed by atoms with Crippen LogP contribution in [0.4, 0.5) is 17.1 Å². The number of carbonyl (C=O) groups is 3. The normalized spacial score (nSPS) is 24.6. The molecule has 39 heavy (non-hydrogen) atoms. The summed E-state index contributed by atoms with van der Waals surface area (Å²) in [5, 5.41) is 14.5. The molecule has 3 heterocycles. The van der Waals surface area contributed by atoms with E-state index in [-0.39, 0.29) is 22.9 Å². The summed E-state index contributed by atoms with van der Waals surface area (Å²) in [6.45, 7) is 5.41. The summed E-state index contributed by atoms with van der Waals surface area (Å²) in [5.41, 5.74) is 0.461. The zero-order valence-electron chi connectivity index (χ0n) is 21.8. The molecule has 1 fully saturated rings. The van der Waals surface area contributed by atoms with Crippen molar-refractivity contribution in [3.05, 3.63) is 106 Å². The van der Waals surface area contributed by atoms with Crippen LogP contribution in [0.15, 0.2) is 78.9 Å². The number of para-hydroxylation sites is 2. The van der Waals surface area contributed by atoms with Crippen LogP contribution in [-0.4, -0.2) is 34.5 Å². The van der Waals surface area contributed by atoms with Crippen LogP contribution < -0.4 is 10.2 Å². The van der Waals surface area contributed by atoms with Gasteiger partial charge in [-0.25, -0.2) is 0 Å². The number of hydrogen-bond acceptors (Lipinski definition) is 6. The Labute approximate surface area is 225 Å². The number of benzene rings is 3. The highest BCUT2D eigenvalue weighted by Gasteiger charge is 2.70. The number of non-ortho nitro benzene ring substituents is 1. The number of ketones is 2. The number of nitro benzene ring substituents is 1. The van der Waals surface area contributed by atoms with Gasteiger partial charge in [-0.1, -0.05) is 81.5 Å². The molecule has 8 heteroatoms. The van der Waals surface area contributed by atoms with Crippen LogP contribution in [0, 0.1) is 21.4 Å². The van der Waals surface area contributed by atoms with E-state index in [9.17, 15) is 24.5 Å². The summed E-state index contributed by atoms with van der Waals surface area (Å²) in [7, 11) is 0. The van der Waals surface area contributed by atoms with Gasteiger partial charge in [-0.2, -0.15) is 0 Å². The molecule has 196 valence electrons. The van der Waals surface area contributed by atoms with Gasteiger partial charge in [-0.15, -0.1) is 0 Å². The number of fused-ring (bicyclic) bond motifs is 6. The van der Waals surface area contributed by atoms with Gasteiger partial charge < -0.3 is 10.2 Å². The molecule has 1 saturated heterocycles. The molecule has 1 amide bonds. The number of hydrogen-bond donors (Lipinski definition) is 1. The van der Waals surface area contributed by atoms with Crippen LogP contribution in [-0.2, 0) is 15.0 Å². The Kier molecular flexibility index (Phi) is 5.36. The molecule has 0 unspecified atom stereocenters. The molecule has 3 aliphatic rings. The minimum Gasteiger partial charge on any atom is -0.352 e. The maximum atomic E-state index is 14.6. The van der Waals surface area contributed by atoms with Gasteiger partial charge in [-0.3, -0.25) is 24.5 Å². The van der Waals surface area contributed by atoms with E-state index in [4.69, 9.17) is 0 Å². The second-order valence-corrected chi connectivity index (χ2v) is 11.3. The maximum absolute atomic E-state index is 14.6. The summed E-state index contributed by atoms with van der Waals surface area (Å²) in [6.07, 6.45) is 3.85. The van der Waals surface area contributed by atoms with Crippen molar-refractivity contribution in [1.82, 2.24) is 0 Å². The average Bonchev–Trinajstić information content (AvgIpc) is 3.40. The number of Topliss-reactive ketones (excluding diaryl/α,β-unsaturated/α-hetero) is 2. The largest absolute Gasteiger partial charge is 0.352 e. The third-order valence-corrected chi connectivity index (χ3v) is 8.17. The van der Waals surface area contributed by atoms with Crippen LogP contribution >= 0.6 is 0 Å². The Hall–Kier alpha value is -4.59. The molecule has 0 bridgehead atoms. The number of carbonyl (C=O) groups excluding carboxylic acids is 3. The third-order valence-electron chi connectivity index (χ3n) is 8.17. The van der Waals surface area contributed by atoms with Gasteiger partial charge >= 0.3 is 0 Å². The smallest absolute Gasteiger partial charge is 0.270 e. The van der Waals surface area contributed by atoms with Crippen molar-refractivity contribution in [3.8, 4) is 0 Å². The summed E-state index contributed by atoms with van der Waals surface area (Å²) in [4.78, 5) is 56.1. The van der Waals surface area contributed by atoms with Crippen molar-refractivity contribution in [3.63, 3.8) is 0 Å². The molecule has 0 radical (unpaired) electrons. The summed E-state index contributed by atoms with van der Waals surface area (Å²) < 4.78 is 0. The van der Waals surface area contributed by atoms with Gasteiger partial charge in [0, 0.05) is 34.5 Å². The molecular formula is C31H27N3O5. The van der Waals surface area contributed by atoms with E-state index in [1.807, 2.05) is 59.5 Å². The van der Waals surface area contributed by atoms with Crippen molar-refractivity contribution >= 4 is 40.6 Å². The van der Waals surface area contributed by atoms with Crippen LogP contribution in [0.5, 0.6) is 0 Å². The van der Waals surface area contributed by atoms with Crippen molar-refractivity contribution in [2.45, 2.75) is 38.3 Å². The summed E-state index contributed by atoms with van der Waals surface area (Å²) >= 11 is 0. The Morgan fingerprint density at radius 3 is 2.46 bits per heavy atom. The van der Waals surface area contributed by atoms with Gasteiger partial charge in [0.05, 0.1) is 16.9 Å².